The molecule has 0 N–H and O–H groups in total. The summed E-state index contributed by atoms with van der Waals surface area (Å²) in [4.78, 5) is 5.42. The van der Waals surface area contributed by atoms with Crippen molar-refractivity contribution in [2.45, 2.75) is 51.0 Å². The van der Waals surface area contributed by atoms with Gasteiger partial charge in [-0.15, -0.1) is 0 Å². The van der Waals surface area contributed by atoms with E-state index in [0.717, 1.165) is 38.3 Å². The van der Waals surface area contributed by atoms with Crippen molar-refractivity contribution in [1.82, 2.24) is 9.80 Å². The Morgan fingerprint density at radius 1 is 0.789 bits per heavy atom. The van der Waals surface area contributed by atoms with Crippen LogP contribution in [0.4, 0.5) is 0 Å². The molecule has 2 saturated heterocycles. The lowest BCUT2D eigenvalue weighted by molar-refractivity contribution is 0.0209. The molecule has 2 aliphatic heterocycles. The maximum atomic E-state index is 5.44. The largest absolute Gasteiger partial charge is 0.379 e. The van der Waals surface area contributed by atoms with Crippen LogP contribution in [0, 0.1) is 5.92 Å². The number of hydrogen-bond acceptors (Lipinski definition) is 3. The molecule has 2 heterocycles. The molecule has 1 aliphatic carbocycles. The van der Waals surface area contributed by atoms with Crippen LogP contribution < -0.4 is 0 Å². The van der Waals surface area contributed by atoms with Gasteiger partial charge in [0.1, 0.15) is 0 Å². The minimum absolute atomic E-state index is 0.929. The highest BCUT2D eigenvalue weighted by Gasteiger charge is 2.27. The Morgan fingerprint density at radius 2 is 1.47 bits per heavy atom. The highest BCUT2D eigenvalue weighted by atomic mass is 16.5. The van der Waals surface area contributed by atoms with E-state index < -0.39 is 0 Å². The SMILES string of the molecule is C1CCC(N2CCC(CN3CCOCC3)CC2)CC1. The maximum Gasteiger partial charge on any atom is 0.0594 e. The molecule has 3 rings (SSSR count). The molecule has 0 unspecified atom stereocenters. The van der Waals surface area contributed by atoms with Crippen LogP contribution in [0.1, 0.15) is 44.9 Å². The van der Waals surface area contributed by atoms with E-state index in [0.29, 0.717) is 0 Å². The fourth-order valence-electron chi connectivity index (χ4n) is 4.10. The minimum Gasteiger partial charge on any atom is -0.379 e. The number of ether oxygens (including phenoxy) is 1. The zero-order chi connectivity index (χ0) is 12.9. The molecule has 110 valence electrons. The Labute approximate surface area is 118 Å². The number of morpholine rings is 1. The van der Waals surface area contributed by atoms with Crippen molar-refractivity contribution in [1.29, 1.82) is 0 Å². The summed E-state index contributed by atoms with van der Waals surface area (Å²) in [6.45, 7) is 8.24. The van der Waals surface area contributed by atoms with Gasteiger partial charge in [0.15, 0.2) is 0 Å². The first kappa shape index (κ1) is 13.8. The summed E-state index contributed by atoms with van der Waals surface area (Å²) in [5.74, 6) is 0.943. The van der Waals surface area contributed by atoms with Crippen molar-refractivity contribution in [2.75, 3.05) is 45.9 Å². The summed E-state index contributed by atoms with van der Waals surface area (Å²) < 4.78 is 5.44. The van der Waals surface area contributed by atoms with Crippen LogP contribution in [0.5, 0.6) is 0 Å². The third kappa shape index (κ3) is 3.93. The first-order chi connectivity index (χ1) is 9.42. The fraction of sp³-hybridized carbons (Fsp3) is 1.00. The van der Waals surface area contributed by atoms with E-state index in [9.17, 15) is 0 Å². The fourth-order valence-corrected chi connectivity index (χ4v) is 4.10. The van der Waals surface area contributed by atoms with Crippen LogP contribution in [0.25, 0.3) is 0 Å². The van der Waals surface area contributed by atoms with E-state index >= 15 is 0 Å². The Balaban J connectivity index is 1.38. The molecule has 0 spiro atoms. The molecule has 0 bridgehead atoms. The molecule has 0 amide bonds. The Bertz CT molecular complexity index is 251. The average molecular weight is 266 g/mol. The minimum atomic E-state index is 0.929. The molecular formula is C16H30N2O. The third-order valence-electron chi connectivity index (χ3n) is 5.36. The van der Waals surface area contributed by atoms with Crippen molar-refractivity contribution < 1.29 is 4.74 Å². The third-order valence-corrected chi connectivity index (χ3v) is 5.36. The normalized spacial score (nSPS) is 29.7. The summed E-state index contributed by atoms with van der Waals surface area (Å²) in [7, 11) is 0. The maximum absolute atomic E-state index is 5.44. The van der Waals surface area contributed by atoms with Crippen LogP contribution in [0.15, 0.2) is 0 Å². The van der Waals surface area contributed by atoms with Crippen LogP contribution in [0.2, 0.25) is 0 Å². The Morgan fingerprint density at radius 3 is 2.16 bits per heavy atom. The zero-order valence-corrected chi connectivity index (χ0v) is 12.4. The van der Waals surface area contributed by atoms with Gasteiger partial charge in [-0.3, -0.25) is 4.90 Å². The van der Waals surface area contributed by atoms with Crippen LogP contribution in [-0.4, -0.2) is 61.8 Å². The van der Waals surface area contributed by atoms with Crippen molar-refractivity contribution in [3.05, 3.63) is 0 Å². The van der Waals surface area contributed by atoms with Gasteiger partial charge in [-0.25, -0.2) is 0 Å². The summed E-state index contributed by atoms with van der Waals surface area (Å²) >= 11 is 0. The molecule has 0 radical (unpaired) electrons. The lowest BCUT2D eigenvalue weighted by Gasteiger charge is -2.40. The van der Waals surface area contributed by atoms with Gasteiger partial charge in [0.25, 0.3) is 0 Å². The van der Waals surface area contributed by atoms with Gasteiger partial charge >= 0.3 is 0 Å². The Kier molecular flexibility index (Phi) is 5.14. The molecule has 0 aromatic rings. The number of likely N-dealkylation sites (tertiary alicyclic amines) is 1. The second-order valence-corrected chi connectivity index (χ2v) is 6.68. The molecule has 3 heteroatoms. The number of nitrogens with zero attached hydrogens (tertiary/aromatic N) is 2. The highest BCUT2D eigenvalue weighted by molar-refractivity contribution is 4.82. The first-order valence-corrected chi connectivity index (χ1v) is 8.46. The second-order valence-electron chi connectivity index (χ2n) is 6.68. The Hall–Kier alpha value is -0.120. The number of hydrogen-bond donors (Lipinski definition) is 0. The van der Waals surface area contributed by atoms with E-state index in [2.05, 4.69) is 9.80 Å². The van der Waals surface area contributed by atoms with Crippen LogP contribution >= 0.6 is 0 Å². The van der Waals surface area contributed by atoms with Gasteiger partial charge < -0.3 is 9.64 Å². The molecule has 0 aromatic carbocycles. The van der Waals surface area contributed by atoms with Crippen molar-refractivity contribution in [3.63, 3.8) is 0 Å². The van der Waals surface area contributed by atoms with Crippen LogP contribution in [-0.2, 0) is 4.74 Å². The van der Waals surface area contributed by atoms with Gasteiger partial charge in [0.2, 0.25) is 0 Å². The highest BCUT2D eigenvalue weighted by Crippen LogP contribution is 2.27. The first-order valence-electron chi connectivity index (χ1n) is 8.46. The van der Waals surface area contributed by atoms with E-state index in [1.807, 2.05) is 0 Å². The van der Waals surface area contributed by atoms with Gasteiger partial charge in [0.05, 0.1) is 13.2 Å². The average Bonchev–Trinajstić information content (AvgIpc) is 2.50. The molecule has 3 aliphatic rings. The molecule has 3 nitrogen and oxygen atoms in total. The van der Waals surface area contributed by atoms with Crippen molar-refractivity contribution in [3.8, 4) is 0 Å². The lowest BCUT2D eigenvalue weighted by Crippen LogP contribution is -2.46. The standard InChI is InChI=1S/C16H30N2O/c1-2-4-16(5-3-1)18-8-6-15(7-9-18)14-17-10-12-19-13-11-17/h15-16H,1-14H2. The second kappa shape index (κ2) is 7.05. The molecule has 1 saturated carbocycles. The van der Waals surface area contributed by atoms with E-state index in [-0.39, 0.29) is 0 Å². The summed E-state index contributed by atoms with van der Waals surface area (Å²) in [6.07, 6.45) is 10.2. The molecule has 19 heavy (non-hydrogen) atoms. The van der Waals surface area contributed by atoms with Gasteiger partial charge in [-0.05, 0) is 44.7 Å². The molecular weight excluding hydrogens is 236 g/mol. The van der Waals surface area contributed by atoms with E-state index in [4.69, 9.17) is 4.74 Å². The quantitative estimate of drug-likeness (QED) is 0.780. The lowest BCUT2D eigenvalue weighted by atomic mass is 9.90. The van der Waals surface area contributed by atoms with Gasteiger partial charge in [-0.2, -0.15) is 0 Å². The molecule has 0 aromatic heterocycles. The predicted octanol–water partition coefficient (Wildman–Crippen LogP) is 2.36. The predicted molar refractivity (Wildman–Crippen MR) is 78.4 cm³/mol. The number of rotatable bonds is 3. The topological polar surface area (TPSA) is 15.7 Å². The van der Waals surface area contributed by atoms with Crippen molar-refractivity contribution >= 4 is 0 Å². The van der Waals surface area contributed by atoms with Gasteiger partial charge in [0, 0.05) is 25.7 Å². The molecule has 0 atom stereocenters. The summed E-state index contributed by atoms with van der Waals surface area (Å²) in [6, 6.07) is 0.929. The van der Waals surface area contributed by atoms with Crippen LogP contribution in [0.3, 0.4) is 0 Å². The summed E-state index contributed by atoms with van der Waals surface area (Å²) in [5, 5.41) is 0. The summed E-state index contributed by atoms with van der Waals surface area (Å²) in [5.41, 5.74) is 0. The van der Waals surface area contributed by atoms with Gasteiger partial charge in [-0.1, -0.05) is 19.3 Å². The molecule has 3 fully saturated rings. The van der Waals surface area contributed by atoms with Crippen molar-refractivity contribution in [2.24, 2.45) is 5.92 Å². The van der Waals surface area contributed by atoms with E-state index in [1.54, 1.807) is 0 Å². The van der Waals surface area contributed by atoms with E-state index in [1.165, 1.54) is 64.6 Å². The number of piperidine rings is 1. The smallest absolute Gasteiger partial charge is 0.0594 e. The monoisotopic (exact) mass is 266 g/mol. The zero-order valence-electron chi connectivity index (χ0n) is 12.4.